The lowest BCUT2D eigenvalue weighted by atomic mass is 9.85. The summed E-state index contributed by atoms with van der Waals surface area (Å²) in [5.41, 5.74) is -4.77. The van der Waals surface area contributed by atoms with Crippen LogP contribution in [-0.4, -0.2) is 119 Å². The van der Waals surface area contributed by atoms with Crippen molar-refractivity contribution in [3.63, 3.8) is 0 Å². The van der Waals surface area contributed by atoms with E-state index in [9.17, 15) is 41.1 Å². The van der Waals surface area contributed by atoms with Gasteiger partial charge in [-0.2, -0.15) is 13.2 Å². The van der Waals surface area contributed by atoms with E-state index in [-0.39, 0.29) is 49.1 Å². The van der Waals surface area contributed by atoms with E-state index < -0.39 is 85.9 Å². The molecule has 2 aliphatic heterocycles. The van der Waals surface area contributed by atoms with Gasteiger partial charge in [0.15, 0.2) is 0 Å². The number of halogens is 3. The van der Waals surface area contributed by atoms with Gasteiger partial charge in [0, 0.05) is 30.2 Å². The van der Waals surface area contributed by atoms with E-state index in [1.165, 1.54) is 27.2 Å². The highest BCUT2D eigenvalue weighted by Crippen LogP contribution is 2.48. The summed E-state index contributed by atoms with van der Waals surface area (Å²) in [6.07, 6.45) is -1.46. The van der Waals surface area contributed by atoms with Gasteiger partial charge < -0.3 is 29.5 Å². The molecule has 3 heterocycles. The summed E-state index contributed by atoms with van der Waals surface area (Å²) >= 11 is 0. The van der Waals surface area contributed by atoms with Gasteiger partial charge in [0.1, 0.15) is 41.6 Å². The third-order valence-electron chi connectivity index (χ3n) is 12.5. The van der Waals surface area contributed by atoms with Crippen molar-refractivity contribution in [1.82, 2.24) is 24.8 Å². The number of pyridine rings is 1. The number of rotatable bonds is 11. The molecule has 0 unspecified atom stereocenters. The van der Waals surface area contributed by atoms with E-state index in [2.05, 4.69) is 15.0 Å². The van der Waals surface area contributed by atoms with Crippen molar-refractivity contribution >= 4 is 44.6 Å². The van der Waals surface area contributed by atoms with Gasteiger partial charge in [-0.05, 0) is 77.2 Å². The van der Waals surface area contributed by atoms with Crippen LogP contribution in [0.5, 0.6) is 11.6 Å². The van der Waals surface area contributed by atoms with E-state index >= 15 is 4.79 Å². The molecular formula is C41H54F3N5O10S. The smallest absolute Gasteiger partial charge is 0.411 e. The molecule has 2 aromatic rings. The van der Waals surface area contributed by atoms with Crippen LogP contribution in [0.4, 0.5) is 18.0 Å². The molecule has 6 rings (SSSR count). The Hall–Kier alpha value is -4.65. The zero-order chi connectivity index (χ0) is 44.0. The number of methoxy groups -OCH3 is 1. The minimum Gasteiger partial charge on any atom is -0.489 e. The molecule has 330 valence electrons. The monoisotopic (exact) mass is 865 g/mol. The second-order valence-corrected chi connectivity index (χ2v) is 19.6. The van der Waals surface area contributed by atoms with E-state index in [1.54, 1.807) is 36.4 Å². The van der Waals surface area contributed by atoms with Crippen LogP contribution in [0.3, 0.4) is 0 Å². The first kappa shape index (κ1) is 44.9. The van der Waals surface area contributed by atoms with E-state index in [0.717, 1.165) is 4.90 Å². The Morgan fingerprint density at radius 3 is 2.42 bits per heavy atom. The first-order chi connectivity index (χ1) is 28.1. The number of nitrogens with one attached hydrogen (secondary N) is 2. The quantitative estimate of drug-likeness (QED) is 0.199. The summed E-state index contributed by atoms with van der Waals surface area (Å²) in [4.78, 5) is 62.2. The van der Waals surface area contributed by atoms with Crippen molar-refractivity contribution in [2.24, 2.45) is 17.8 Å². The maximum atomic E-state index is 15.0. The number of alkyl halides is 3. The maximum Gasteiger partial charge on any atom is 0.411 e. The first-order valence-electron chi connectivity index (χ1n) is 20.2. The van der Waals surface area contributed by atoms with Crippen LogP contribution < -0.4 is 19.5 Å². The van der Waals surface area contributed by atoms with Crippen LogP contribution >= 0.6 is 0 Å². The Bertz CT molecular complexity index is 2130. The lowest BCUT2D eigenvalue weighted by Gasteiger charge is -2.45. The molecule has 7 atom stereocenters. The van der Waals surface area contributed by atoms with Gasteiger partial charge >= 0.3 is 12.3 Å². The molecule has 0 bridgehead atoms. The summed E-state index contributed by atoms with van der Waals surface area (Å²) in [6, 6.07) is 3.65. The van der Waals surface area contributed by atoms with Crippen molar-refractivity contribution in [3.8, 4) is 11.6 Å². The minimum atomic E-state index is -5.10. The Labute approximate surface area is 347 Å². The molecule has 2 saturated carbocycles. The number of aromatic nitrogens is 1. The molecule has 2 aliphatic carbocycles. The van der Waals surface area contributed by atoms with Gasteiger partial charge in [0.2, 0.25) is 27.7 Å². The van der Waals surface area contributed by atoms with Crippen molar-refractivity contribution in [1.29, 1.82) is 0 Å². The summed E-state index contributed by atoms with van der Waals surface area (Å²) < 4.78 is 89.0. The minimum absolute atomic E-state index is 0.0460. The lowest BCUT2D eigenvalue weighted by Crippen LogP contribution is -2.66. The van der Waals surface area contributed by atoms with Gasteiger partial charge in [-0.3, -0.25) is 24.0 Å². The lowest BCUT2D eigenvalue weighted by molar-refractivity contribution is -0.222. The predicted octanol–water partition coefficient (Wildman–Crippen LogP) is 5.18. The van der Waals surface area contributed by atoms with Crippen molar-refractivity contribution < 1.29 is 60.1 Å². The number of allylic oxidation sites excluding steroid dienone is 1. The van der Waals surface area contributed by atoms with Gasteiger partial charge in [0.05, 0.1) is 24.1 Å². The zero-order valence-electron chi connectivity index (χ0n) is 34.6. The Kier molecular flexibility index (Phi) is 12.5. The SMILES string of the molecule is COCCOc1cnc(O[C@@H]2C[C@H]3C(=O)N[C@]4(C(=O)NS(=O)(=O)C5(C)CC5)C[C@H]4/C=C\CC[C@@H](C)C[C@@H](C)[C@H](N(C(=O)O)C(C)(C)C(F)(F)F)C(=O)N3C2)c2ccccc12. The number of carboxylic acid groups (broad SMARTS) is 1. The molecule has 19 heteroatoms. The topological polar surface area (TPSA) is 194 Å². The van der Waals surface area contributed by atoms with Gasteiger partial charge in [0.25, 0.3) is 5.91 Å². The van der Waals surface area contributed by atoms with E-state index in [0.29, 0.717) is 62.7 Å². The Morgan fingerprint density at radius 2 is 1.78 bits per heavy atom. The number of carbonyl (C=O) groups excluding carboxylic acids is 3. The molecule has 1 aromatic carbocycles. The number of hydrogen-bond acceptors (Lipinski definition) is 10. The summed E-state index contributed by atoms with van der Waals surface area (Å²) in [5.74, 6) is -4.11. The number of carbonyl (C=O) groups is 4. The third kappa shape index (κ3) is 8.74. The number of fused-ring (bicyclic) bond motifs is 3. The zero-order valence-corrected chi connectivity index (χ0v) is 35.4. The fraction of sp³-hybridized carbons (Fsp3) is 0.634. The number of sulfonamides is 1. The second-order valence-electron chi connectivity index (χ2n) is 17.4. The second kappa shape index (κ2) is 16.7. The fourth-order valence-corrected chi connectivity index (χ4v) is 9.64. The van der Waals surface area contributed by atoms with Gasteiger partial charge in [-0.1, -0.05) is 44.2 Å². The average molecular weight is 866 g/mol. The van der Waals surface area contributed by atoms with Crippen LogP contribution in [0.15, 0.2) is 42.6 Å². The summed E-state index contributed by atoms with van der Waals surface area (Å²) in [7, 11) is -2.59. The van der Waals surface area contributed by atoms with Gasteiger partial charge in [-0.25, -0.2) is 18.2 Å². The normalized spacial score (nSPS) is 28.9. The number of amides is 4. The van der Waals surface area contributed by atoms with E-state index in [4.69, 9.17) is 14.2 Å². The number of benzene rings is 1. The van der Waals surface area contributed by atoms with Crippen LogP contribution in [-0.2, 0) is 29.1 Å². The highest BCUT2D eigenvalue weighted by atomic mass is 32.2. The number of ether oxygens (including phenoxy) is 3. The van der Waals surface area contributed by atoms with Crippen molar-refractivity contribution in [2.45, 2.75) is 120 Å². The van der Waals surface area contributed by atoms with Crippen LogP contribution in [0, 0.1) is 17.8 Å². The molecule has 0 spiro atoms. The maximum absolute atomic E-state index is 15.0. The molecule has 0 radical (unpaired) electrons. The molecule has 15 nitrogen and oxygen atoms in total. The fourth-order valence-electron chi connectivity index (χ4n) is 8.33. The Morgan fingerprint density at radius 1 is 1.10 bits per heavy atom. The molecule has 1 saturated heterocycles. The standard InChI is InChI=1S/C41H54F3N5O10S/c1-24-11-7-8-12-26-21-40(26,36(52)47-60(55,56)39(5)15-16-39)46-33(50)30-20-27(59-34-29-14-10-9-13-28(29)31(22-45-34)58-18-17-57-6)23-48(30)35(51)32(25(2)19-24)49(37(53)54)38(3,4)41(42,43)44/h8-10,12-14,22,24-27,30,32H,7,11,15-21,23H2,1-6H3,(H,46,50)(H,47,52)(H,53,54)/b12-8-/t24-,25-,26-,27-,30+,32+,40-/m1/s1. The molecule has 4 amide bonds. The molecule has 1 aromatic heterocycles. The van der Waals surface area contributed by atoms with Crippen LogP contribution in [0.2, 0.25) is 0 Å². The van der Waals surface area contributed by atoms with Crippen LogP contribution in [0.1, 0.15) is 79.6 Å². The molecule has 3 N–H and O–H groups in total. The van der Waals surface area contributed by atoms with Gasteiger partial charge in [-0.15, -0.1) is 0 Å². The van der Waals surface area contributed by atoms with Crippen molar-refractivity contribution in [3.05, 3.63) is 42.6 Å². The predicted molar refractivity (Wildman–Crippen MR) is 212 cm³/mol. The van der Waals surface area contributed by atoms with Crippen molar-refractivity contribution in [2.75, 3.05) is 26.9 Å². The number of nitrogens with zero attached hydrogens (tertiary/aromatic N) is 3. The van der Waals surface area contributed by atoms with Crippen LogP contribution in [0.25, 0.3) is 10.8 Å². The largest absolute Gasteiger partial charge is 0.489 e. The third-order valence-corrected chi connectivity index (χ3v) is 14.7. The molecule has 4 aliphatic rings. The molecule has 60 heavy (non-hydrogen) atoms. The first-order valence-corrected chi connectivity index (χ1v) is 21.7. The Balaban J connectivity index is 1.41. The molecule has 3 fully saturated rings. The average Bonchev–Trinajstić information content (AvgIpc) is 4.05. The highest BCUT2D eigenvalue weighted by Gasteiger charge is 2.64. The van der Waals surface area contributed by atoms with E-state index in [1.807, 2.05) is 6.92 Å². The highest BCUT2D eigenvalue weighted by molar-refractivity contribution is 7.91. The molecular weight excluding hydrogens is 812 g/mol. The number of hydrogen-bond donors (Lipinski definition) is 3. The summed E-state index contributed by atoms with van der Waals surface area (Å²) in [6.45, 7) is 6.45. The summed E-state index contributed by atoms with van der Waals surface area (Å²) in [5, 5.41) is 14.4.